The Bertz CT molecular complexity index is 1050. The van der Waals surface area contributed by atoms with Crippen molar-refractivity contribution in [2.45, 2.75) is 25.4 Å². The molecule has 0 bridgehead atoms. The molecule has 2 aromatic heterocycles. The topological polar surface area (TPSA) is 15.8 Å². The maximum Gasteiger partial charge on any atom is 0.390 e. The average molecular weight is 385 g/mol. The van der Waals surface area contributed by atoms with E-state index in [0.29, 0.717) is 0 Å². The summed E-state index contributed by atoms with van der Waals surface area (Å²) in [6.07, 6.45) is -5.13. The largest absolute Gasteiger partial charge is 0.390 e. The lowest BCUT2D eigenvalue weighted by molar-refractivity contribution is -0.136. The van der Waals surface area contributed by atoms with Gasteiger partial charge in [-0.05, 0) is 41.1 Å². The van der Waals surface area contributed by atoms with Gasteiger partial charge in [-0.3, -0.25) is 0 Å². The van der Waals surface area contributed by atoms with E-state index in [1.165, 1.54) is 11.3 Å². The lowest BCUT2D eigenvalue weighted by Crippen LogP contribution is -2.14. The molecular weight excluding hydrogens is 367 g/mol. The summed E-state index contributed by atoms with van der Waals surface area (Å²) in [5.41, 5.74) is 4.31. The summed E-state index contributed by atoms with van der Waals surface area (Å²) in [7, 11) is 0. The molecule has 0 fully saturated rings. The number of nitrogens with one attached hydrogen (secondary N) is 1. The molecule has 0 saturated heterocycles. The molecule has 2 heterocycles. The van der Waals surface area contributed by atoms with Gasteiger partial charge >= 0.3 is 6.18 Å². The van der Waals surface area contributed by atoms with Crippen LogP contribution in [0.1, 0.15) is 28.3 Å². The molecule has 0 aliphatic carbocycles. The van der Waals surface area contributed by atoms with Gasteiger partial charge in [-0.15, -0.1) is 11.3 Å². The molecule has 0 amide bonds. The Hall–Kier alpha value is -2.53. The Morgan fingerprint density at radius 3 is 2.44 bits per heavy atom. The first-order valence-corrected chi connectivity index (χ1v) is 9.58. The van der Waals surface area contributed by atoms with E-state index < -0.39 is 18.5 Å². The predicted octanol–water partition coefficient (Wildman–Crippen LogP) is 7.29. The highest BCUT2D eigenvalue weighted by molar-refractivity contribution is 7.10. The number of H-pyrrole nitrogens is 1. The first-order valence-electron chi connectivity index (χ1n) is 8.70. The minimum absolute atomic E-state index is 0.718. The number of hydrogen-bond acceptors (Lipinski definition) is 1. The van der Waals surface area contributed by atoms with Gasteiger partial charge in [0.1, 0.15) is 0 Å². The predicted molar refractivity (Wildman–Crippen MR) is 105 cm³/mol. The molecule has 1 atom stereocenters. The van der Waals surface area contributed by atoms with Gasteiger partial charge in [-0.2, -0.15) is 13.2 Å². The molecule has 0 spiro atoms. The molecule has 2 aromatic carbocycles. The number of aromatic amines is 1. The fourth-order valence-electron chi connectivity index (χ4n) is 3.59. The molecule has 0 radical (unpaired) electrons. The van der Waals surface area contributed by atoms with E-state index in [0.717, 1.165) is 38.2 Å². The summed E-state index contributed by atoms with van der Waals surface area (Å²) in [5.74, 6) is -0.739. The molecular formula is C22H18F3NS. The van der Waals surface area contributed by atoms with Crippen LogP contribution in [-0.2, 0) is 0 Å². The third-order valence-corrected chi connectivity index (χ3v) is 5.71. The zero-order chi connectivity index (χ0) is 19.0. The molecule has 27 heavy (non-hydrogen) atoms. The maximum atomic E-state index is 13.5. The van der Waals surface area contributed by atoms with Crippen LogP contribution in [0, 0.1) is 6.92 Å². The van der Waals surface area contributed by atoms with Gasteiger partial charge in [0, 0.05) is 21.7 Å². The van der Waals surface area contributed by atoms with Gasteiger partial charge in [-0.1, -0.05) is 48.5 Å². The minimum atomic E-state index is -4.25. The quantitative estimate of drug-likeness (QED) is 0.380. The minimum Gasteiger partial charge on any atom is -0.354 e. The molecule has 5 heteroatoms. The van der Waals surface area contributed by atoms with Crippen molar-refractivity contribution >= 4 is 22.2 Å². The fraction of sp³-hybridized carbons (Fsp3) is 0.182. The molecule has 0 aliphatic heterocycles. The van der Waals surface area contributed by atoms with Gasteiger partial charge in [0.25, 0.3) is 0 Å². The number of rotatable bonds is 4. The second-order valence-corrected chi connectivity index (χ2v) is 7.70. The smallest absolute Gasteiger partial charge is 0.354 e. The van der Waals surface area contributed by atoms with Crippen molar-refractivity contribution in [1.29, 1.82) is 0 Å². The number of alkyl halides is 3. The van der Waals surface area contributed by atoms with Crippen molar-refractivity contribution in [3.63, 3.8) is 0 Å². The van der Waals surface area contributed by atoms with Crippen molar-refractivity contribution in [1.82, 2.24) is 4.98 Å². The molecule has 4 rings (SSSR count). The van der Waals surface area contributed by atoms with Gasteiger partial charge in [-0.25, -0.2) is 0 Å². The third-order valence-electron chi connectivity index (χ3n) is 4.73. The van der Waals surface area contributed by atoms with Crippen molar-refractivity contribution in [2.24, 2.45) is 0 Å². The molecule has 0 saturated carbocycles. The Balaban J connectivity index is 2.00. The van der Waals surface area contributed by atoms with Crippen LogP contribution >= 0.6 is 11.3 Å². The number of thiophene rings is 1. The number of aromatic nitrogens is 1. The number of halogens is 3. The molecule has 1 unspecified atom stereocenters. The van der Waals surface area contributed by atoms with E-state index in [9.17, 15) is 13.2 Å². The van der Waals surface area contributed by atoms with E-state index >= 15 is 0 Å². The highest BCUT2D eigenvalue weighted by atomic mass is 32.1. The van der Waals surface area contributed by atoms with Crippen LogP contribution in [0.5, 0.6) is 0 Å². The van der Waals surface area contributed by atoms with Gasteiger partial charge in [0.2, 0.25) is 0 Å². The SMILES string of the molecule is Cc1ccc2c(C(CC(F)(F)F)c3cccs3)c(-c3ccccc3)[nH]c2c1. The van der Waals surface area contributed by atoms with Crippen LogP contribution in [-0.4, -0.2) is 11.2 Å². The lowest BCUT2D eigenvalue weighted by atomic mass is 9.89. The Morgan fingerprint density at radius 1 is 1.00 bits per heavy atom. The van der Waals surface area contributed by atoms with Crippen LogP contribution < -0.4 is 0 Å². The monoisotopic (exact) mass is 385 g/mol. The zero-order valence-corrected chi connectivity index (χ0v) is 15.5. The molecule has 138 valence electrons. The maximum absolute atomic E-state index is 13.5. The van der Waals surface area contributed by atoms with Crippen LogP contribution in [0.4, 0.5) is 13.2 Å². The molecule has 0 aliphatic rings. The first kappa shape index (κ1) is 17.9. The van der Waals surface area contributed by atoms with Gasteiger partial charge < -0.3 is 4.98 Å². The molecule has 4 aromatic rings. The van der Waals surface area contributed by atoms with Gasteiger partial charge in [0.15, 0.2) is 0 Å². The summed E-state index contributed by atoms with van der Waals surface area (Å²) >= 11 is 1.37. The summed E-state index contributed by atoms with van der Waals surface area (Å²) in [6.45, 7) is 1.98. The summed E-state index contributed by atoms with van der Waals surface area (Å²) < 4.78 is 40.4. The number of hydrogen-bond donors (Lipinski definition) is 1. The van der Waals surface area contributed by atoms with E-state index in [-0.39, 0.29) is 0 Å². The van der Waals surface area contributed by atoms with Crippen molar-refractivity contribution < 1.29 is 13.2 Å². The normalized spacial score (nSPS) is 13.2. The summed E-state index contributed by atoms with van der Waals surface area (Å²) in [5, 5.41) is 2.68. The lowest BCUT2D eigenvalue weighted by Gasteiger charge is -2.19. The summed E-state index contributed by atoms with van der Waals surface area (Å²) in [4.78, 5) is 4.11. The Morgan fingerprint density at radius 2 is 1.78 bits per heavy atom. The van der Waals surface area contributed by atoms with Crippen molar-refractivity contribution in [3.05, 3.63) is 82.0 Å². The van der Waals surface area contributed by atoms with E-state index in [2.05, 4.69) is 4.98 Å². The number of fused-ring (bicyclic) bond motifs is 1. The third kappa shape index (κ3) is 3.65. The Kier molecular flexibility index (Phi) is 4.56. The van der Waals surface area contributed by atoms with Crippen LogP contribution in [0.3, 0.4) is 0 Å². The molecule has 1 N–H and O–H groups in total. The van der Waals surface area contributed by atoms with E-state index in [1.807, 2.05) is 66.9 Å². The standard InChI is InChI=1S/C22H18F3NS/c1-14-9-10-16-18(12-14)26-21(15-6-3-2-4-7-15)20(16)17(13-22(23,24)25)19-8-5-11-27-19/h2-12,17,26H,13H2,1H3. The van der Waals surface area contributed by atoms with Crippen LogP contribution in [0.25, 0.3) is 22.2 Å². The first-order chi connectivity index (χ1) is 12.9. The van der Waals surface area contributed by atoms with Gasteiger partial charge in [0.05, 0.1) is 12.1 Å². The van der Waals surface area contributed by atoms with Crippen molar-refractivity contribution in [2.75, 3.05) is 0 Å². The second kappa shape index (κ2) is 6.89. The average Bonchev–Trinajstić information content (AvgIpc) is 3.27. The van der Waals surface area contributed by atoms with Crippen LogP contribution in [0.2, 0.25) is 0 Å². The fourth-order valence-corrected chi connectivity index (χ4v) is 4.43. The van der Waals surface area contributed by atoms with Crippen molar-refractivity contribution in [3.8, 4) is 11.3 Å². The highest BCUT2D eigenvalue weighted by Crippen LogP contribution is 2.45. The summed E-state index contributed by atoms with van der Waals surface area (Å²) in [6, 6.07) is 19.0. The van der Waals surface area contributed by atoms with E-state index in [4.69, 9.17) is 0 Å². The zero-order valence-electron chi connectivity index (χ0n) is 14.7. The highest BCUT2D eigenvalue weighted by Gasteiger charge is 2.36. The van der Waals surface area contributed by atoms with Crippen LogP contribution in [0.15, 0.2) is 66.0 Å². The second-order valence-electron chi connectivity index (χ2n) is 6.72. The molecule has 1 nitrogen and oxygen atoms in total. The van der Waals surface area contributed by atoms with E-state index in [1.54, 1.807) is 6.07 Å². The number of benzene rings is 2. The number of aryl methyl sites for hydroxylation is 1. The Labute approximate surface area is 159 Å².